The number of hydrogen-bond donors (Lipinski definition) is 0. The summed E-state index contributed by atoms with van der Waals surface area (Å²) in [6.45, 7) is 1.81. The van der Waals surface area contributed by atoms with Gasteiger partial charge >= 0.3 is 0 Å². The van der Waals surface area contributed by atoms with Crippen LogP contribution in [0.2, 0.25) is 0 Å². The first-order valence-corrected chi connectivity index (χ1v) is 7.46. The van der Waals surface area contributed by atoms with Crippen LogP contribution >= 0.6 is 0 Å². The molecule has 0 fully saturated rings. The van der Waals surface area contributed by atoms with Gasteiger partial charge in [0.1, 0.15) is 0 Å². The Morgan fingerprint density at radius 2 is 1.65 bits per heavy atom. The predicted octanol–water partition coefficient (Wildman–Crippen LogP) is 5.99. The van der Waals surface area contributed by atoms with Crippen LogP contribution in [0.4, 0.5) is 8.78 Å². The highest BCUT2D eigenvalue weighted by molar-refractivity contribution is 5.82. The minimum absolute atomic E-state index is 0.0168. The summed E-state index contributed by atoms with van der Waals surface area (Å²) in [5.74, 6) is -2.47. The van der Waals surface area contributed by atoms with E-state index in [1.807, 2.05) is 19.1 Å². The summed E-state index contributed by atoms with van der Waals surface area (Å²) < 4.78 is 26.7. The molecule has 2 aromatic carbocycles. The van der Waals surface area contributed by atoms with Crippen molar-refractivity contribution in [1.29, 1.82) is 0 Å². The van der Waals surface area contributed by atoms with E-state index in [0.717, 1.165) is 12.8 Å². The third-order valence-corrected chi connectivity index (χ3v) is 3.69. The molecule has 20 heavy (non-hydrogen) atoms. The van der Waals surface area contributed by atoms with Gasteiger partial charge in [-0.1, -0.05) is 55.8 Å². The van der Waals surface area contributed by atoms with Gasteiger partial charge in [-0.3, -0.25) is 0 Å². The van der Waals surface area contributed by atoms with Crippen LogP contribution in [0.15, 0.2) is 42.5 Å². The maximum Gasteiger partial charge on any atom is 0.248 e. The third kappa shape index (κ3) is 4.29. The summed E-state index contributed by atoms with van der Waals surface area (Å²) in [5.41, 5.74) is 1.24. The fraction of sp³-hybridized carbons (Fsp3) is 0.444. The van der Waals surface area contributed by atoms with Gasteiger partial charge in [-0.2, -0.15) is 0 Å². The molecule has 0 saturated heterocycles. The number of halogens is 2. The standard InChI is InChI=1S/C18H22F2/c1-2-12-18(19,20)13-6-5-7-15-10-11-16-8-3-4-9-17(16)14-15/h3-4,8-11,14H,2,5-7,12-13H2,1H3. The van der Waals surface area contributed by atoms with Crippen LogP contribution in [0, 0.1) is 0 Å². The van der Waals surface area contributed by atoms with Gasteiger partial charge in [-0.15, -0.1) is 0 Å². The number of hydrogen-bond acceptors (Lipinski definition) is 0. The Morgan fingerprint density at radius 1 is 0.900 bits per heavy atom. The first-order valence-electron chi connectivity index (χ1n) is 7.46. The van der Waals surface area contributed by atoms with Crippen molar-refractivity contribution in [3.05, 3.63) is 48.0 Å². The molecule has 2 heteroatoms. The highest BCUT2D eigenvalue weighted by atomic mass is 19.3. The van der Waals surface area contributed by atoms with Crippen LogP contribution in [0.5, 0.6) is 0 Å². The van der Waals surface area contributed by atoms with Gasteiger partial charge < -0.3 is 0 Å². The predicted molar refractivity (Wildman–Crippen MR) is 81.4 cm³/mol. The van der Waals surface area contributed by atoms with Crippen molar-refractivity contribution in [2.75, 3.05) is 0 Å². The van der Waals surface area contributed by atoms with Crippen molar-refractivity contribution in [3.63, 3.8) is 0 Å². The molecule has 0 aliphatic rings. The fourth-order valence-corrected chi connectivity index (χ4v) is 2.60. The van der Waals surface area contributed by atoms with Crippen molar-refractivity contribution in [1.82, 2.24) is 0 Å². The first-order chi connectivity index (χ1) is 9.61. The van der Waals surface area contributed by atoms with E-state index in [1.54, 1.807) is 0 Å². The maximum absolute atomic E-state index is 13.4. The molecular formula is C18H22F2. The van der Waals surface area contributed by atoms with Crippen LogP contribution in [-0.2, 0) is 6.42 Å². The molecule has 0 saturated carbocycles. The zero-order valence-corrected chi connectivity index (χ0v) is 12.0. The molecule has 0 nitrogen and oxygen atoms in total. The molecule has 0 spiro atoms. The SMILES string of the molecule is CCCC(F)(F)CCCCc1ccc2ccccc2c1. The molecule has 108 valence electrons. The van der Waals surface area contributed by atoms with E-state index in [0.29, 0.717) is 12.8 Å². The lowest BCUT2D eigenvalue weighted by Gasteiger charge is -2.14. The Bertz CT molecular complexity index is 546. The van der Waals surface area contributed by atoms with Gasteiger partial charge in [0.2, 0.25) is 5.92 Å². The highest BCUT2D eigenvalue weighted by Gasteiger charge is 2.26. The summed E-state index contributed by atoms with van der Waals surface area (Å²) in [4.78, 5) is 0. The van der Waals surface area contributed by atoms with Crippen molar-refractivity contribution >= 4 is 10.8 Å². The fourth-order valence-electron chi connectivity index (χ4n) is 2.60. The van der Waals surface area contributed by atoms with Crippen LogP contribution in [-0.4, -0.2) is 5.92 Å². The zero-order valence-electron chi connectivity index (χ0n) is 12.0. The maximum atomic E-state index is 13.4. The molecule has 0 aliphatic carbocycles. The average molecular weight is 276 g/mol. The second-order valence-corrected chi connectivity index (χ2v) is 5.49. The average Bonchev–Trinajstić information content (AvgIpc) is 2.43. The summed E-state index contributed by atoms with van der Waals surface area (Å²) >= 11 is 0. The number of benzene rings is 2. The van der Waals surface area contributed by atoms with Crippen molar-refractivity contribution in [2.24, 2.45) is 0 Å². The smallest absolute Gasteiger partial charge is 0.207 e. The largest absolute Gasteiger partial charge is 0.248 e. The monoisotopic (exact) mass is 276 g/mol. The normalized spacial score (nSPS) is 11.9. The Kier molecular flexibility index (Phi) is 5.11. The first kappa shape index (κ1) is 15.0. The van der Waals surface area contributed by atoms with Crippen LogP contribution < -0.4 is 0 Å². The molecule has 2 aromatic rings. The number of aryl methyl sites for hydroxylation is 1. The second-order valence-electron chi connectivity index (χ2n) is 5.49. The van der Waals surface area contributed by atoms with E-state index in [4.69, 9.17) is 0 Å². The minimum atomic E-state index is -2.47. The third-order valence-electron chi connectivity index (χ3n) is 3.69. The molecule has 0 aromatic heterocycles. The lowest BCUT2D eigenvalue weighted by atomic mass is 10.0. The summed E-state index contributed by atoms with van der Waals surface area (Å²) in [5, 5.41) is 2.45. The van der Waals surface area contributed by atoms with E-state index in [9.17, 15) is 8.78 Å². The lowest BCUT2D eigenvalue weighted by molar-refractivity contribution is -0.0188. The Morgan fingerprint density at radius 3 is 2.40 bits per heavy atom. The Hall–Kier alpha value is -1.44. The Labute approximate surface area is 119 Å². The van der Waals surface area contributed by atoms with Crippen molar-refractivity contribution in [2.45, 2.75) is 51.4 Å². The quantitative estimate of drug-likeness (QED) is 0.545. The van der Waals surface area contributed by atoms with Crippen molar-refractivity contribution in [3.8, 4) is 0 Å². The number of fused-ring (bicyclic) bond motifs is 1. The van der Waals surface area contributed by atoms with Gasteiger partial charge in [-0.05, 0) is 35.6 Å². The molecule has 2 rings (SSSR count). The van der Waals surface area contributed by atoms with E-state index < -0.39 is 5.92 Å². The number of rotatable bonds is 7. The van der Waals surface area contributed by atoms with Crippen LogP contribution in [0.25, 0.3) is 10.8 Å². The van der Waals surface area contributed by atoms with E-state index in [2.05, 4.69) is 30.3 Å². The number of unbranched alkanes of at least 4 members (excludes halogenated alkanes) is 1. The van der Waals surface area contributed by atoms with E-state index in [1.165, 1.54) is 16.3 Å². The molecule has 0 atom stereocenters. The zero-order chi connectivity index (χ0) is 14.4. The summed E-state index contributed by atoms with van der Waals surface area (Å²) in [6, 6.07) is 14.6. The van der Waals surface area contributed by atoms with Crippen molar-refractivity contribution < 1.29 is 8.78 Å². The molecular weight excluding hydrogens is 254 g/mol. The van der Waals surface area contributed by atoms with Crippen LogP contribution in [0.1, 0.15) is 44.6 Å². The second kappa shape index (κ2) is 6.83. The molecule has 0 bridgehead atoms. The molecule has 0 unspecified atom stereocenters. The van der Waals surface area contributed by atoms with Gasteiger partial charge in [-0.25, -0.2) is 8.78 Å². The minimum Gasteiger partial charge on any atom is -0.207 e. The van der Waals surface area contributed by atoms with Gasteiger partial charge in [0.15, 0.2) is 0 Å². The van der Waals surface area contributed by atoms with E-state index in [-0.39, 0.29) is 12.8 Å². The molecule has 0 N–H and O–H groups in total. The van der Waals surface area contributed by atoms with Crippen LogP contribution in [0.3, 0.4) is 0 Å². The molecule has 0 radical (unpaired) electrons. The lowest BCUT2D eigenvalue weighted by Crippen LogP contribution is -2.15. The van der Waals surface area contributed by atoms with Gasteiger partial charge in [0.05, 0.1) is 0 Å². The van der Waals surface area contributed by atoms with Gasteiger partial charge in [0.25, 0.3) is 0 Å². The topological polar surface area (TPSA) is 0 Å². The molecule has 0 amide bonds. The summed E-state index contributed by atoms with van der Waals surface area (Å²) in [7, 11) is 0. The van der Waals surface area contributed by atoms with Gasteiger partial charge in [0, 0.05) is 12.8 Å². The summed E-state index contributed by atoms with van der Waals surface area (Å²) in [6.07, 6.45) is 2.90. The highest BCUT2D eigenvalue weighted by Crippen LogP contribution is 2.27. The van der Waals surface area contributed by atoms with E-state index >= 15 is 0 Å². The number of alkyl halides is 2. The Balaban J connectivity index is 1.84. The molecule has 0 aliphatic heterocycles. The molecule has 0 heterocycles.